The zero-order valence-electron chi connectivity index (χ0n) is 7.22. The summed E-state index contributed by atoms with van der Waals surface area (Å²) in [6.45, 7) is 2.16. The van der Waals surface area contributed by atoms with E-state index in [-0.39, 0.29) is 0 Å². The van der Waals surface area contributed by atoms with Crippen LogP contribution in [0.1, 0.15) is 34.9 Å². The fourth-order valence-corrected chi connectivity index (χ4v) is 3.46. The topological polar surface area (TPSA) is 0 Å². The van der Waals surface area contributed by atoms with Crippen LogP contribution < -0.4 is 0 Å². The highest BCUT2D eigenvalue weighted by Crippen LogP contribution is 2.40. The fraction of sp³-hybridized carbons (Fsp3) is 0.600. The predicted octanol–water partition coefficient (Wildman–Crippen LogP) is 3.93. The molecule has 1 heterocycles. The maximum absolute atomic E-state index is 6.23. The van der Waals surface area contributed by atoms with Crippen LogP contribution in [0.3, 0.4) is 0 Å². The largest absolute Gasteiger partial charge is 0.145 e. The summed E-state index contributed by atoms with van der Waals surface area (Å²) in [6.07, 6.45) is 3.78. The van der Waals surface area contributed by atoms with E-state index in [4.69, 9.17) is 11.6 Å². The summed E-state index contributed by atoms with van der Waals surface area (Å²) >= 11 is 8.13. The first kappa shape index (κ1) is 8.58. The number of hydrogen-bond acceptors (Lipinski definition) is 1. The van der Waals surface area contributed by atoms with Crippen molar-refractivity contribution in [3.05, 3.63) is 21.9 Å². The Kier molecular flexibility index (Phi) is 2.42. The van der Waals surface area contributed by atoms with Gasteiger partial charge in [0.1, 0.15) is 0 Å². The van der Waals surface area contributed by atoms with Gasteiger partial charge in [-0.2, -0.15) is 0 Å². The minimum Gasteiger partial charge on any atom is -0.145 e. The molecule has 12 heavy (non-hydrogen) atoms. The molecule has 2 rings (SSSR count). The standard InChI is InChI=1S/C10H13ClS/c1-7-5-6-10(12-7)8-3-2-4-9(8)11/h5-6,8-9H,2-4H2,1H3. The van der Waals surface area contributed by atoms with Gasteiger partial charge in [-0.1, -0.05) is 6.42 Å². The third-order valence-electron chi connectivity index (χ3n) is 2.56. The fourth-order valence-electron chi connectivity index (χ4n) is 1.89. The van der Waals surface area contributed by atoms with E-state index < -0.39 is 0 Å². The normalized spacial score (nSPS) is 29.5. The number of thiophene rings is 1. The minimum absolute atomic E-state index is 0.392. The monoisotopic (exact) mass is 200 g/mol. The molecule has 0 radical (unpaired) electrons. The van der Waals surface area contributed by atoms with Gasteiger partial charge in [0.15, 0.2) is 0 Å². The van der Waals surface area contributed by atoms with E-state index >= 15 is 0 Å². The van der Waals surface area contributed by atoms with Crippen molar-refractivity contribution in [3.63, 3.8) is 0 Å². The number of hydrogen-bond donors (Lipinski definition) is 0. The number of alkyl halides is 1. The average molecular weight is 201 g/mol. The molecule has 0 bridgehead atoms. The zero-order valence-corrected chi connectivity index (χ0v) is 8.79. The lowest BCUT2D eigenvalue weighted by atomic mass is 10.1. The van der Waals surface area contributed by atoms with Crippen molar-refractivity contribution in [2.45, 2.75) is 37.5 Å². The van der Waals surface area contributed by atoms with Gasteiger partial charge in [0.05, 0.1) is 0 Å². The molecule has 0 saturated heterocycles. The minimum atomic E-state index is 0.392. The molecule has 1 saturated carbocycles. The van der Waals surface area contributed by atoms with Gasteiger partial charge < -0.3 is 0 Å². The van der Waals surface area contributed by atoms with Crippen molar-refractivity contribution >= 4 is 22.9 Å². The van der Waals surface area contributed by atoms with Gasteiger partial charge in [-0.05, 0) is 31.9 Å². The first-order valence-electron chi connectivity index (χ1n) is 4.48. The van der Waals surface area contributed by atoms with Crippen LogP contribution in [0.15, 0.2) is 12.1 Å². The van der Waals surface area contributed by atoms with E-state index in [1.807, 2.05) is 11.3 Å². The molecule has 1 aromatic heterocycles. The van der Waals surface area contributed by atoms with Crippen molar-refractivity contribution in [2.75, 3.05) is 0 Å². The molecular weight excluding hydrogens is 188 g/mol. The lowest BCUT2D eigenvalue weighted by molar-refractivity contribution is 0.745. The second kappa shape index (κ2) is 3.39. The van der Waals surface area contributed by atoms with Crippen LogP contribution in [-0.4, -0.2) is 5.38 Å². The molecule has 2 atom stereocenters. The number of aryl methyl sites for hydroxylation is 1. The number of halogens is 1. The molecule has 1 aliphatic carbocycles. The average Bonchev–Trinajstić information content (AvgIpc) is 2.58. The maximum atomic E-state index is 6.23. The van der Waals surface area contributed by atoms with E-state index in [2.05, 4.69) is 19.1 Å². The van der Waals surface area contributed by atoms with Crippen LogP contribution in [-0.2, 0) is 0 Å². The van der Waals surface area contributed by atoms with Crippen molar-refractivity contribution in [3.8, 4) is 0 Å². The lowest BCUT2D eigenvalue weighted by Gasteiger charge is -2.10. The molecule has 0 aliphatic heterocycles. The molecule has 1 aliphatic rings. The lowest BCUT2D eigenvalue weighted by Crippen LogP contribution is -2.02. The number of rotatable bonds is 1. The van der Waals surface area contributed by atoms with E-state index in [0.717, 1.165) is 0 Å². The predicted molar refractivity (Wildman–Crippen MR) is 55.3 cm³/mol. The van der Waals surface area contributed by atoms with E-state index in [0.29, 0.717) is 11.3 Å². The van der Waals surface area contributed by atoms with E-state index in [1.54, 1.807) is 0 Å². The second-order valence-corrected chi connectivity index (χ2v) is 5.38. The molecule has 2 unspecified atom stereocenters. The van der Waals surface area contributed by atoms with Crippen molar-refractivity contribution < 1.29 is 0 Å². The Morgan fingerprint density at radius 3 is 2.75 bits per heavy atom. The van der Waals surface area contributed by atoms with Crippen molar-refractivity contribution in [1.82, 2.24) is 0 Å². The summed E-state index contributed by atoms with van der Waals surface area (Å²) < 4.78 is 0. The third kappa shape index (κ3) is 1.53. The molecule has 0 aromatic carbocycles. The molecule has 66 valence electrons. The smallest absolute Gasteiger partial charge is 0.0412 e. The van der Waals surface area contributed by atoms with Crippen LogP contribution in [0.25, 0.3) is 0 Å². The summed E-state index contributed by atoms with van der Waals surface area (Å²) in [5, 5.41) is 0.392. The van der Waals surface area contributed by atoms with Gasteiger partial charge in [0.25, 0.3) is 0 Å². The third-order valence-corrected chi connectivity index (χ3v) is 4.21. The molecule has 1 fully saturated rings. The molecule has 0 spiro atoms. The summed E-state index contributed by atoms with van der Waals surface area (Å²) in [7, 11) is 0. The molecule has 0 amide bonds. The summed E-state index contributed by atoms with van der Waals surface area (Å²) in [5.41, 5.74) is 0. The van der Waals surface area contributed by atoms with E-state index in [1.165, 1.54) is 29.0 Å². The van der Waals surface area contributed by atoms with Crippen LogP contribution >= 0.6 is 22.9 Å². The quantitative estimate of drug-likeness (QED) is 0.603. The van der Waals surface area contributed by atoms with Crippen LogP contribution in [0.5, 0.6) is 0 Å². The zero-order chi connectivity index (χ0) is 8.55. The Balaban J connectivity index is 2.19. The highest BCUT2D eigenvalue weighted by molar-refractivity contribution is 7.12. The molecular formula is C10H13ClS. The highest BCUT2D eigenvalue weighted by Gasteiger charge is 2.27. The SMILES string of the molecule is Cc1ccc(C2CCCC2Cl)s1. The first-order chi connectivity index (χ1) is 5.77. The summed E-state index contributed by atoms with van der Waals surface area (Å²) in [6, 6.07) is 4.44. The first-order valence-corrected chi connectivity index (χ1v) is 5.73. The second-order valence-electron chi connectivity index (χ2n) is 3.50. The van der Waals surface area contributed by atoms with Crippen LogP contribution in [0, 0.1) is 6.92 Å². The molecule has 0 N–H and O–H groups in total. The van der Waals surface area contributed by atoms with Gasteiger partial charge in [0, 0.05) is 21.0 Å². The maximum Gasteiger partial charge on any atom is 0.0412 e. The Morgan fingerprint density at radius 1 is 1.42 bits per heavy atom. The van der Waals surface area contributed by atoms with Crippen molar-refractivity contribution in [1.29, 1.82) is 0 Å². The highest BCUT2D eigenvalue weighted by atomic mass is 35.5. The van der Waals surface area contributed by atoms with E-state index in [9.17, 15) is 0 Å². The Bertz CT molecular complexity index is 267. The summed E-state index contributed by atoms with van der Waals surface area (Å²) in [5.74, 6) is 0.644. The molecule has 2 heteroatoms. The van der Waals surface area contributed by atoms with Gasteiger partial charge in [0.2, 0.25) is 0 Å². The van der Waals surface area contributed by atoms with Crippen LogP contribution in [0.4, 0.5) is 0 Å². The molecule has 1 aromatic rings. The Labute approximate surface area is 82.6 Å². The van der Waals surface area contributed by atoms with Gasteiger partial charge >= 0.3 is 0 Å². The van der Waals surface area contributed by atoms with Crippen molar-refractivity contribution in [2.24, 2.45) is 0 Å². The Morgan fingerprint density at radius 2 is 2.25 bits per heavy atom. The Hall–Kier alpha value is -0.0100. The van der Waals surface area contributed by atoms with Gasteiger partial charge in [-0.15, -0.1) is 22.9 Å². The van der Waals surface area contributed by atoms with Crippen LogP contribution in [0.2, 0.25) is 0 Å². The van der Waals surface area contributed by atoms with Gasteiger partial charge in [-0.3, -0.25) is 0 Å². The van der Waals surface area contributed by atoms with Gasteiger partial charge in [-0.25, -0.2) is 0 Å². The molecule has 0 nitrogen and oxygen atoms in total. The summed E-state index contributed by atoms with van der Waals surface area (Å²) in [4.78, 5) is 2.89.